The number of aromatic nitrogens is 1. The Morgan fingerprint density at radius 2 is 2.33 bits per heavy atom. The van der Waals surface area contributed by atoms with E-state index in [0.29, 0.717) is 11.3 Å². The number of nitrogens with zero attached hydrogens (tertiary/aromatic N) is 1. The lowest BCUT2D eigenvalue weighted by atomic mass is 10.1. The van der Waals surface area contributed by atoms with E-state index in [1.807, 2.05) is 11.8 Å². The van der Waals surface area contributed by atoms with E-state index >= 15 is 0 Å². The van der Waals surface area contributed by atoms with Gasteiger partial charge in [0.05, 0.1) is 10.7 Å². The van der Waals surface area contributed by atoms with Crippen LogP contribution in [-0.4, -0.2) is 22.0 Å². The van der Waals surface area contributed by atoms with E-state index in [9.17, 15) is 0 Å². The van der Waals surface area contributed by atoms with Gasteiger partial charge in [-0.25, -0.2) is 4.98 Å². The highest BCUT2D eigenvalue weighted by Crippen LogP contribution is 2.30. The molecule has 0 saturated carbocycles. The fourth-order valence-electron chi connectivity index (χ4n) is 1.90. The van der Waals surface area contributed by atoms with Crippen LogP contribution in [0.4, 0.5) is 0 Å². The monoisotopic (exact) mass is 242 g/mol. The van der Waals surface area contributed by atoms with Gasteiger partial charge < -0.3 is 5.73 Å². The summed E-state index contributed by atoms with van der Waals surface area (Å²) in [5.74, 6) is 1.29. The summed E-state index contributed by atoms with van der Waals surface area (Å²) in [6, 6.07) is 0.294. The highest BCUT2D eigenvalue weighted by molar-refractivity contribution is 8.00. The standard InChI is InChI=1S/C11H18N2S2/c1-7-8(2)15-11(13-7)6-9(12)10-4-3-5-14-10/h9-10H,3-6,12H2,1-2H3. The lowest BCUT2D eigenvalue weighted by Crippen LogP contribution is -2.32. The van der Waals surface area contributed by atoms with Gasteiger partial charge in [0.15, 0.2) is 0 Å². The molecule has 2 N–H and O–H groups in total. The molecule has 0 aliphatic carbocycles. The molecule has 0 bridgehead atoms. The predicted molar refractivity (Wildman–Crippen MR) is 68.7 cm³/mol. The minimum Gasteiger partial charge on any atom is -0.326 e. The second-order valence-electron chi connectivity index (χ2n) is 4.17. The third kappa shape index (κ3) is 2.74. The van der Waals surface area contributed by atoms with Gasteiger partial charge in [-0.1, -0.05) is 0 Å². The van der Waals surface area contributed by atoms with Crippen molar-refractivity contribution in [3.8, 4) is 0 Å². The van der Waals surface area contributed by atoms with Crippen molar-refractivity contribution < 1.29 is 0 Å². The molecule has 4 heteroatoms. The van der Waals surface area contributed by atoms with Crippen LogP contribution < -0.4 is 5.73 Å². The van der Waals surface area contributed by atoms with Crippen LogP contribution in [0.2, 0.25) is 0 Å². The average molecular weight is 242 g/mol. The van der Waals surface area contributed by atoms with E-state index in [-0.39, 0.29) is 0 Å². The highest BCUT2D eigenvalue weighted by atomic mass is 32.2. The molecule has 2 unspecified atom stereocenters. The molecule has 1 aliphatic rings. The van der Waals surface area contributed by atoms with Crippen LogP contribution in [0.15, 0.2) is 0 Å². The fourth-order valence-corrected chi connectivity index (χ4v) is 4.22. The van der Waals surface area contributed by atoms with Crippen molar-refractivity contribution in [1.82, 2.24) is 4.98 Å². The van der Waals surface area contributed by atoms with Crippen molar-refractivity contribution in [3.05, 3.63) is 15.6 Å². The SMILES string of the molecule is Cc1nc(CC(N)C2CCCS2)sc1C. The molecule has 2 heterocycles. The zero-order valence-corrected chi connectivity index (χ0v) is 11.0. The van der Waals surface area contributed by atoms with Gasteiger partial charge in [-0.15, -0.1) is 11.3 Å². The Hall–Kier alpha value is -0.0600. The Balaban J connectivity index is 1.95. The van der Waals surface area contributed by atoms with E-state index in [1.165, 1.54) is 34.2 Å². The van der Waals surface area contributed by atoms with Crippen LogP contribution in [0.5, 0.6) is 0 Å². The summed E-state index contributed by atoms with van der Waals surface area (Å²) < 4.78 is 0. The highest BCUT2D eigenvalue weighted by Gasteiger charge is 2.23. The minimum atomic E-state index is 0.294. The van der Waals surface area contributed by atoms with Gasteiger partial charge in [0.25, 0.3) is 0 Å². The zero-order valence-electron chi connectivity index (χ0n) is 9.32. The van der Waals surface area contributed by atoms with Crippen molar-refractivity contribution in [2.24, 2.45) is 5.73 Å². The quantitative estimate of drug-likeness (QED) is 0.885. The number of hydrogen-bond donors (Lipinski definition) is 1. The molecule has 1 aromatic heterocycles. The molecule has 15 heavy (non-hydrogen) atoms. The third-order valence-corrected chi connectivity index (χ3v) is 5.56. The summed E-state index contributed by atoms with van der Waals surface area (Å²) in [6.07, 6.45) is 3.57. The van der Waals surface area contributed by atoms with Crippen molar-refractivity contribution in [2.75, 3.05) is 5.75 Å². The van der Waals surface area contributed by atoms with E-state index in [1.54, 1.807) is 11.3 Å². The normalized spacial score (nSPS) is 23.3. The maximum absolute atomic E-state index is 6.22. The first kappa shape index (κ1) is 11.4. The molecule has 1 saturated heterocycles. The summed E-state index contributed by atoms with van der Waals surface area (Å²) in [7, 11) is 0. The molecule has 0 spiro atoms. The van der Waals surface area contributed by atoms with Crippen LogP contribution in [-0.2, 0) is 6.42 Å². The lowest BCUT2D eigenvalue weighted by Gasteiger charge is -2.16. The minimum absolute atomic E-state index is 0.294. The van der Waals surface area contributed by atoms with Gasteiger partial charge in [0.2, 0.25) is 0 Å². The Morgan fingerprint density at radius 1 is 1.53 bits per heavy atom. The smallest absolute Gasteiger partial charge is 0.0946 e. The van der Waals surface area contributed by atoms with Gasteiger partial charge in [-0.2, -0.15) is 11.8 Å². The third-order valence-electron chi connectivity index (χ3n) is 2.93. The molecule has 84 valence electrons. The largest absolute Gasteiger partial charge is 0.326 e. The zero-order chi connectivity index (χ0) is 10.8. The van der Waals surface area contributed by atoms with Crippen LogP contribution in [0, 0.1) is 13.8 Å². The van der Waals surface area contributed by atoms with E-state index < -0.39 is 0 Å². The molecular formula is C11H18N2S2. The number of thioether (sulfide) groups is 1. The maximum Gasteiger partial charge on any atom is 0.0946 e. The summed E-state index contributed by atoms with van der Waals surface area (Å²) >= 11 is 3.83. The average Bonchev–Trinajstić information content (AvgIpc) is 2.77. The second-order valence-corrected chi connectivity index (χ2v) is 6.80. The number of aryl methyl sites for hydroxylation is 2. The second kappa shape index (κ2) is 4.85. The maximum atomic E-state index is 6.22. The van der Waals surface area contributed by atoms with Gasteiger partial charge in [-0.05, 0) is 32.4 Å². The van der Waals surface area contributed by atoms with Gasteiger partial charge >= 0.3 is 0 Å². The van der Waals surface area contributed by atoms with E-state index in [0.717, 1.165) is 6.42 Å². The van der Waals surface area contributed by atoms with Gasteiger partial charge in [0, 0.05) is 22.6 Å². The number of thiazole rings is 1. The van der Waals surface area contributed by atoms with Crippen LogP contribution in [0.3, 0.4) is 0 Å². The predicted octanol–water partition coefficient (Wildman–Crippen LogP) is 2.53. The van der Waals surface area contributed by atoms with Crippen molar-refractivity contribution in [2.45, 2.75) is 44.4 Å². The first-order chi connectivity index (χ1) is 7.16. The first-order valence-corrected chi connectivity index (χ1v) is 7.33. The molecule has 0 aromatic carbocycles. The number of hydrogen-bond acceptors (Lipinski definition) is 4. The molecule has 2 rings (SSSR count). The number of nitrogens with two attached hydrogens (primary N) is 1. The number of rotatable bonds is 3. The van der Waals surface area contributed by atoms with E-state index in [2.05, 4.69) is 18.8 Å². The van der Waals surface area contributed by atoms with Crippen LogP contribution in [0.1, 0.15) is 28.4 Å². The fraction of sp³-hybridized carbons (Fsp3) is 0.727. The first-order valence-electron chi connectivity index (χ1n) is 5.47. The summed E-state index contributed by atoms with van der Waals surface area (Å²) in [4.78, 5) is 5.88. The Labute approximate surface area is 99.7 Å². The summed E-state index contributed by atoms with van der Waals surface area (Å²) in [6.45, 7) is 4.21. The molecule has 1 fully saturated rings. The van der Waals surface area contributed by atoms with Crippen molar-refractivity contribution in [1.29, 1.82) is 0 Å². The van der Waals surface area contributed by atoms with Gasteiger partial charge in [-0.3, -0.25) is 0 Å². The summed E-state index contributed by atoms with van der Waals surface area (Å²) in [5.41, 5.74) is 7.38. The lowest BCUT2D eigenvalue weighted by molar-refractivity contribution is 0.607. The molecular weight excluding hydrogens is 224 g/mol. The molecule has 1 aromatic rings. The van der Waals surface area contributed by atoms with Crippen LogP contribution in [0.25, 0.3) is 0 Å². The van der Waals surface area contributed by atoms with E-state index in [4.69, 9.17) is 5.73 Å². The van der Waals surface area contributed by atoms with Crippen molar-refractivity contribution >= 4 is 23.1 Å². The summed E-state index contributed by atoms with van der Waals surface area (Å²) in [5, 5.41) is 1.87. The molecule has 0 amide bonds. The topological polar surface area (TPSA) is 38.9 Å². The molecule has 2 nitrogen and oxygen atoms in total. The Bertz CT molecular complexity index is 310. The van der Waals surface area contributed by atoms with Crippen LogP contribution >= 0.6 is 23.1 Å². The molecule has 1 aliphatic heterocycles. The molecule has 0 radical (unpaired) electrons. The van der Waals surface area contributed by atoms with Crippen molar-refractivity contribution in [3.63, 3.8) is 0 Å². The Morgan fingerprint density at radius 3 is 2.87 bits per heavy atom. The van der Waals surface area contributed by atoms with Gasteiger partial charge in [0.1, 0.15) is 0 Å². The Kier molecular flexibility index (Phi) is 3.69. The molecule has 2 atom stereocenters.